The van der Waals surface area contributed by atoms with Crippen molar-refractivity contribution < 1.29 is 23.7 Å². The summed E-state index contributed by atoms with van der Waals surface area (Å²) in [5.41, 5.74) is 1.58. The molecule has 2 aliphatic rings. The topological polar surface area (TPSA) is 119 Å². The molecule has 0 radical (unpaired) electrons. The second-order valence-corrected chi connectivity index (χ2v) is 9.26. The first kappa shape index (κ1) is 26.0. The predicted octanol–water partition coefficient (Wildman–Crippen LogP) is 4.61. The highest BCUT2D eigenvalue weighted by Gasteiger charge is 2.36. The van der Waals surface area contributed by atoms with Crippen molar-refractivity contribution in [2.45, 2.75) is 6.42 Å². The van der Waals surface area contributed by atoms with E-state index in [1.807, 2.05) is 30.3 Å². The first-order valence-corrected chi connectivity index (χ1v) is 12.9. The van der Waals surface area contributed by atoms with Crippen LogP contribution >= 0.6 is 11.8 Å². The van der Waals surface area contributed by atoms with E-state index in [2.05, 4.69) is 15.1 Å². The van der Waals surface area contributed by atoms with Crippen LogP contribution in [0.3, 0.4) is 0 Å². The molecule has 198 valence electrons. The van der Waals surface area contributed by atoms with E-state index >= 15 is 0 Å². The van der Waals surface area contributed by atoms with Gasteiger partial charge in [0.25, 0.3) is 5.91 Å². The Balaban J connectivity index is 1.22. The Kier molecular flexibility index (Phi) is 7.88. The number of pyridine rings is 1. The van der Waals surface area contributed by atoms with Crippen LogP contribution in [0.5, 0.6) is 23.0 Å². The zero-order valence-electron chi connectivity index (χ0n) is 21.3. The van der Waals surface area contributed by atoms with E-state index in [0.717, 1.165) is 17.1 Å². The molecule has 1 amide bonds. The number of hydrazone groups is 1. The van der Waals surface area contributed by atoms with Gasteiger partial charge < -0.3 is 18.9 Å². The van der Waals surface area contributed by atoms with E-state index in [-0.39, 0.29) is 11.4 Å². The minimum Gasteiger partial charge on any atom is -0.497 e. The van der Waals surface area contributed by atoms with E-state index in [0.29, 0.717) is 46.9 Å². The Morgan fingerprint density at radius 3 is 2.51 bits per heavy atom. The number of hydrogen-bond acceptors (Lipinski definition) is 9. The van der Waals surface area contributed by atoms with Crippen molar-refractivity contribution in [1.82, 2.24) is 9.99 Å². The summed E-state index contributed by atoms with van der Waals surface area (Å²) in [6, 6.07) is 16.4. The first-order valence-electron chi connectivity index (χ1n) is 12.0. The summed E-state index contributed by atoms with van der Waals surface area (Å²) in [5.74, 6) is 2.06. The number of nitrogens with one attached hydrogen (secondary N) is 1. The Morgan fingerprint density at radius 1 is 0.974 bits per heavy atom. The van der Waals surface area contributed by atoms with Crippen LogP contribution in [0.25, 0.3) is 6.08 Å². The number of benzene rings is 2. The minimum atomic E-state index is -0.502. The van der Waals surface area contributed by atoms with Crippen LogP contribution in [-0.4, -0.2) is 59.4 Å². The number of carbonyl (C=O) groups is 1. The van der Waals surface area contributed by atoms with Crippen molar-refractivity contribution >= 4 is 39.8 Å². The number of methoxy groups -OCH3 is 2. The van der Waals surface area contributed by atoms with Gasteiger partial charge in [-0.3, -0.25) is 15.2 Å². The van der Waals surface area contributed by atoms with Crippen molar-refractivity contribution in [3.8, 4) is 23.0 Å². The molecule has 1 aromatic heterocycles. The number of amides is 1. The maximum atomic E-state index is 12.8. The molecule has 0 saturated heterocycles. The molecular formula is C28H25N5O5S. The van der Waals surface area contributed by atoms with Crippen LogP contribution in [0.2, 0.25) is 0 Å². The number of aromatic nitrogens is 1. The highest BCUT2D eigenvalue weighted by Crippen LogP contribution is 2.32. The second kappa shape index (κ2) is 11.8. The average Bonchev–Trinajstić information content (AvgIpc) is 3.40. The average molecular weight is 544 g/mol. The zero-order chi connectivity index (χ0) is 27.2. The van der Waals surface area contributed by atoms with Gasteiger partial charge in [-0.1, -0.05) is 6.07 Å². The molecule has 2 aromatic carbocycles. The van der Waals surface area contributed by atoms with Crippen molar-refractivity contribution in [3.63, 3.8) is 0 Å². The van der Waals surface area contributed by atoms with Crippen LogP contribution in [-0.2, 0) is 4.79 Å². The third kappa shape index (κ3) is 5.93. The molecule has 3 aromatic rings. The zero-order valence-corrected chi connectivity index (χ0v) is 22.1. The number of thioether (sulfide) groups is 1. The van der Waals surface area contributed by atoms with Gasteiger partial charge in [0, 0.05) is 24.4 Å². The van der Waals surface area contributed by atoms with Crippen LogP contribution < -0.4 is 18.9 Å². The molecule has 11 heteroatoms. The third-order valence-electron chi connectivity index (χ3n) is 5.74. The molecular weight excluding hydrogens is 518 g/mol. The first-order chi connectivity index (χ1) is 19.1. The summed E-state index contributed by atoms with van der Waals surface area (Å²) < 4.78 is 22.3. The SMILES string of the molecule is COc1ccc(OCCCOc2ccc(/C=C3/C(=N)N4N=C(c5cccnc5)SC4=NC3=O)cc2OC)cc1. The van der Waals surface area contributed by atoms with E-state index < -0.39 is 5.91 Å². The standard InChI is InChI=1S/C28H25N5O5S/c1-35-20-7-9-21(10-8-20)37-13-4-14-38-23-11-6-18(16-24(23)36-2)15-22-25(29)33-28(31-26(22)34)39-27(32-33)19-5-3-12-30-17-19/h3,5-12,15-17,29H,4,13-14H2,1-2H3/b22-15-,29-25?. The van der Waals surface area contributed by atoms with Crippen molar-refractivity contribution in [1.29, 1.82) is 5.41 Å². The Labute approximate surface area is 229 Å². The predicted molar refractivity (Wildman–Crippen MR) is 150 cm³/mol. The minimum absolute atomic E-state index is 0.0486. The molecule has 0 spiro atoms. The fourth-order valence-electron chi connectivity index (χ4n) is 3.76. The molecule has 3 heterocycles. The van der Waals surface area contributed by atoms with Gasteiger partial charge in [0.05, 0.1) is 33.0 Å². The number of nitrogens with zero attached hydrogens (tertiary/aromatic N) is 4. The molecule has 0 unspecified atom stereocenters. The van der Waals surface area contributed by atoms with Crippen molar-refractivity contribution in [2.75, 3.05) is 27.4 Å². The molecule has 10 nitrogen and oxygen atoms in total. The van der Waals surface area contributed by atoms with Crippen molar-refractivity contribution in [2.24, 2.45) is 10.1 Å². The molecule has 39 heavy (non-hydrogen) atoms. The molecule has 0 fully saturated rings. The highest BCUT2D eigenvalue weighted by molar-refractivity contribution is 8.27. The lowest BCUT2D eigenvalue weighted by Crippen LogP contribution is -2.35. The molecule has 0 saturated carbocycles. The number of ether oxygens (including phenoxy) is 4. The maximum Gasteiger partial charge on any atom is 0.283 e. The maximum absolute atomic E-state index is 12.8. The summed E-state index contributed by atoms with van der Waals surface area (Å²) in [6.07, 6.45) is 5.62. The molecule has 0 atom stereocenters. The number of fused-ring (bicyclic) bond motifs is 1. The summed E-state index contributed by atoms with van der Waals surface area (Å²) >= 11 is 1.23. The van der Waals surface area contributed by atoms with E-state index in [1.54, 1.807) is 57.0 Å². The van der Waals surface area contributed by atoms with Gasteiger partial charge in [-0.25, -0.2) is 0 Å². The van der Waals surface area contributed by atoms with Crippen LogP contribution in [0.1, 0.15) is 17.5 Å². The van der Waals surface area contributed by atoms with Gasteiger partial charge >= 0.3 is 0 Å². The smallest absolute Gasteiger partial charge is 0.283 e. The molecule has 5 rings (SSSR count). The fraction of sp³-hybridized carbons (Fsp3) is 0.179. The largest absolute Gasteiger partial charge is 0.497 e. The lowest BCUT2D eigenvalue weighted by molar-refractivity contribution is -0.114. The second-order valence-electron chi connectivity index (χ2n) is 8.30. The monoisotopic (exact) mass is 543 g/mol. The highest BCUT2D eigenvalue weighted by atomic mass is 32.2. The van der Waals surface area contributed by atoms with Gasteiger partial charge in [0.1, 0.15) is 16.5 Å². The third-order valence-corrected chi connectivity index (χ3v) is 6.69. The summed E-state index contributed by atoms with van der Waals surface area (Å²) in [4.78, 5) is 21.0. The van der Waals surface area contributed by atoms with Crippen LogP contribution in [0.15, 0.2) is 82.7 Å². The summed E-state index contributed by atoms with van der Waals surface area (Å²) in [5, 5.41) is 15.4. The number of rotatable bonds is 10. The van der Waals surface area contributed by atoms with E-state index in [4.69, 9.17) is 24.4 Å². The Hall–Kier alpha value is -4.64. The fourth-order valence-corrected chi connectivity index (χ4v) is 4.64. The molecule has 2 aliphatic heterocycles. The van der Waals surface area contributed by atoms with Gasteiger partial charge in [-0.2, -0.15) is 15.1 Å². The lowest BCUT2D eigenvalue weighted by Gasteiger charge is -2.20. The van der Waals surface area contributed by atoms with Crippen LogP contribution in [0.4, 0.5) is 0 Å². The van der Waals surface area contributed by atoms with E-state index in [9.17, 15) is 4.79 Å². The number of amidine groups is 2. The lowest BCUT2D eigenvalue weighted by atomic mass is 10.1. The number of carbonyl (C=O) groups excluding carboxylic acids is 1. The van der Waals surface area contributed by atoms with Crippen LogP contribution in [0, 0.1) is 5.41 Å². The molecule has 0 aliphatic carbocycles. The normalized spacial score (nSPS) is 15.5. The number of aliphatic imine (C=N–C) groups is 1. The molecule has 1 N–H and O–H groups in total. The van der Waals surface area contributed by atoms with Gasteiger partial charge in [0.2, 0.25) is 5.17 Å². The summed E-state index contributed by atoms with van der Waals surface area (Å²) in [7, 11) is 3.17. The Morgan fingerprint density at radius 2 is 1.77 bits per heavy atom. The van der Waals surface area contributed by atoms with Gasteiger partial charge in [-0.05, 0) is 71.9 Å². The van der Waals surface area contributed by atoms with E-state index in [1.165, 1.54) is 16.8 Å². The summed E-state index contributed by atoms with van der Waals surface area (Å²) in [6.45, 7) is 0.919. The van der Waals surface area contributed by atoms with Gasteiger partial charge in [-0.15, -0.1) is 0 Å². The Bertz CT molecular complexity index is 1470. The molecule has 0 bridgehead atoms. The number of hydrogen-bond donors (Lipinski definition) is 1. The quantitative estimate of drug-likeness (QED) is 0.291. The van der Waals surface area contributed by atoms with Gasteiger partial charge in [0.15, 0.2) is 17.3 Å². The van der Waals surface area contributed by atoms with Crippen molar-refractivity contribution in [3.05, 3.63) is 83.7 Å².